The van der Waals surface area contributed by atoms with Crippen molar-refractivity contribution in [3.8, 4) is 0 Å². The van der Waals surface area contributed by atoms with Crippen LogP contribution in [0.25, 0.3) is 0 Å². The van der Waals surface area contributed by atoms with Gasteiger partial charge < -0.3 is 33.8 Å². The van der Waals surface area contributed by atoms with Crippen LogP contribution in [0.2, 0.25) is 0 Å². The van der Waals surface area contributed by atoms with E-state index in [9.17, 15) is 43.2 Å². The zero-order valence-corrected chi connectivity index (χ0v) is 60.6. The molecule has 0 aliphatic carbocycles. The van der Waals surface area contributed by atoms with E-state index in [1.807, 2.05) is 0 Å². The van der Waals surface area contributed by atoms with E-state index in [1.54, 1.807) is 0 Å². The smallest absolute Gasteiger partial charge is 0.462 e. The zero-order valence-electron chi connectivity index (χ0n) is 58.8. The summed E-state index contributed by atoms with van der Waals surface area (Å²) in [6.07, 6.45) is 43.1. The molecule has 0 aliphatic rings. The van der Waals surface area contributed by atoms with Crippen molar-refractivity contribution >= 4 is 39.5 Å². The van der Waals surface area contributed by atoms with Gasteiger partial charge in [0.15, 0.2) is 12.2 Å². The molecule has 0 aromatic rings. The van der Waals surface area contributed by atoms with Gasteiger partial charge in [-0.05, 0) is 49.4 Å². The number of esters is 4. The monoisotopic (exact) mass is 1320 g/mol. The number of carbonyl (C=O) groups is 4. The van der Waals surface area contributed by atoms with Crippen molar-refractivity contribution in [3.63, 3.8) is 0 Å². The van der Waals surface area contributed by atoms with Gasteiger partial charge in [-0.2, -0.15) is 0 Å². The van der Waals surface area contributed by atoms with Crippen LogP contribution >= 0.6 is 15.6 Å². The van der Waals surface area contributed by atoms with Gasteiger partial charge in [0.05, 0.1) is 26.4 Å². The van der Waals surface area contributed by atoms with Crippen molar-refractivity contribution in [1.29, 1.82) is 0 Å². The molecular weight excluding hydrogens is 1190 g/mol. The van der Waals surface area contributed by atoms with E-state index in [4.69, 9.17) is 37.0 Å². The van der Waals surface area contributed by atoms with Crippen LogP contribution in [0.15, 0.2) is 0 Å². The van der Waals surface area contributed by atoms with Crippen molar-refractivity contribution in [1.82, 2.24) is 0 Å². The van der Waals surface area contributed by atoms with Crippen molar-refractivity contribution in [2.45, 2.75) is 369 Å². The van der Waals surface area contributed by atoms with E-state index in [1.165, 1.54) is 148 Å². The average Bonchev–Trinajstić information content (AvgIpc) is 2.81. The summed E-state index contributed by atoms with van der Waals surface area (Å²) in [7, 11) is -9.90. The summed E-state index contributed by atoms with van der Waals surface area (Å²) in [5.74, 6) is 0.845. The van der Waals surface area contributed by atoms with Crippen LogP contribution in [0.4, 0.5) is 0 Å². The summed E-state index contributed by atoms with van der Waals surface area (Å²) >= 11 is 0. The largest absolute Gasteiger partial charge is 0.472 e. The highest BCUT2D eigenvalue weighted by atomic mass is 31.2. The number of phosphoric ester groups is 2. The van der Waals surface area contributed by atoms with Gasteiger partial charge >= 0.3 is 39.5 Å². The molecule has 0 spiro atoms. The maximum Gasteiger partial charge on any atom is 0.472 e. The number of hydrogen-bond acceptors (Lipinski definition) is 15. The van der Waals surface area contributed by atoms with E-state index in [0.717, 1.165) is 114 Å². The first-order valence-corrected chi connectivity index (χ1v) is 39.7. The highest BCUT2D eigenvalue weighted by Crippen LogP contribution is 2.45. The lowest BCUT2D eigenvalue weighted by atomic mass is 10.0. The van der Waals surface area contributed by atoms with Crippen LogP contribution in [0.1, 0.15) is 351 Å². The molecule has 19 heteroatoms. The molecule has 90 heavy (non-hydrogen) atoms. The molecule has 0 aromatic carbocycles. The van der Waals surface area contributed by atoms with Crippen LogP contribution in [-0.4, -0.2) is 96.7 Å². The molecule has 0 heterocycles. The normalized spacial score (nSPS) is 14.3. The number of rotatable bonds is 68. The predicted molar refractivity (Wildman–Crippen MR) is 363 cm³/mol. The van der Waals surface area contributed by atoms with E-state index in [2.05, 4.69) is 55.4 Å². The molecule has 534 valence electrons. The van der Waals surface area contributed by atoms with Gasteiger partial charge in [-0.1, -0.05) is 299 Å². The molecule has 0 rings (SSSR count). The topological polar surface area (TPSA) is 237 Å². The minimum absolute atomic E-state index is 0.105. The summed E-state index contributed by atoms with van der Waals surface area (Å²) in [6, 6.07) is 0. The molecule has 0 saturated carbocycles. The molecule has 3 unspecified atom stereocenters. The van der Waals surface area contributed by atoms with E-state index in [0.29, 0.717) is 31.6 Å². The first-order valence-electron chi connectivity index (χ1n) is 36.7. The Bertz CT molecular complexity index is 1780. The van der Waals surface area contributed by atoms with Crippen LogP contribution < -0.4 is 0 Å². The molecule has 0 aliphatic heterocycles. The lowest BCUT2D eigenvalue weighted by Gasteiger charge is -2.21. The fourth-order valence-electron chi connectivity index (χ4n) is 10.7. The Morgan fingerprint density at radius 2 is 0.467 bits per heavy atom. The Kier molecular flexibility index (Phi) is 59.4. The molecule has 0 saturated heterocycles. The molecule has 17 nitrogen and oxygen atoms in total. The maximum absolute atomic E-state index is 13.0. The molecule has 0 bridgehead atoms. The standard InChI is InChI=1S/C71H138O17P2/c1-61(2)47-39-31-23-16-12-9-10-14-18-28-37-45-53-70(75)87-66(57-81-68(73)51-43-35-27-21-20-25-33-41-49-63(5)6)59-85-89(77,78)83-55-65(72)56-84-90(79,80)86-60-67(58-82-69(74)52-44-36-30-22-26-34-42-50-64(7)8)88-71(76)54-46-38-29-19-15-11-13-17-24-32-40-48-62(3)4/h61-67,72H,9-60H2,1-8H3,(H,77,78)(H,79,80)/t65?,66-,67-/m1/s1. The van der Waals surface area contributed by atoms with Crippen molar-refractivity contribution < 1.29 is 80.2 Å². The Morgan fingerprint density at radius 1 is 0.278 bits per heavy atom. The number of unbranched alkanes of at least 4 members (excludes halogenated alkanes) is 34. The predicted octanol–water partition coefficient (Wildman–Crippen LogP) is 20.1. The molecule has 0 radical (unpaired) electrons. The Hall–Kier alpha value is -1.94. The number of hydrogen-bond donors (Lipinski definition) is 3. The van der Waals surface area contributed by atoms with Crippen LogP contribution in [-0.2, 0) is 65.4 Å². The van der Waals surface area contributed by atoms with Gasteiger partial charge in [-0.15, -0.1) is 0 Å². The minimum atomic E-state index is -4.95. The second-order valence-corrected chi connectivity index (χ2v) is 30.4. The third kappa shape index (κ3) is 64.8. The Morgan fingerprint density at radius 3 is 0.689 bits per heavy atom. The fraction of sp³-hybridized carbons (Fsp3) is 0.944. The van der Waals surface area contributed by atoms with Crippen LogP contribution in [0.3, 0.4) is 0 Å². The third-order valence-corrected chi connectivity index (χ3v) is 18.2. The molecule has 0 fully saturated rings. The highest BCUT2D eigenvalue weighted by molar-refractivity contribution is 7.47. The maximum atomic E-state index is 13.0. The van der Waals surface area contributed by atoms with Crippen molar-refractivity contribution in [2.75, 3.05) is 39.6 Å². The van der Waals surface area contributed by atoms with Crippen LogP contribution in [0.5, 0.6) is 0 Å². The highest BCUT2D eigenvalue weighted by Gasteiger charge is 2.30. The summed E-state index contributed by atoms with van der Waals surface area (Å²) in [4.78, 5) is 72.6. The van der Waals surface area contributed by atoms with Crippen LogP contribution in [0, 0.1) is 23.7 Å². The molecule has 3 N–H and O–H groups in total. The van der Waals surface area contributed by atoms with Crippen molar-refractivity contribution in [3.05, 3.63) is 0 Å². The first-order chi connectivity index (χ1) is 43.1. The first kappa shape index (κ1) is 88.1. The number of carbonyl (C=O) groups excluding carboxylic acids is 4. The SMILES string of the molecule is CC(C)CCCCCCCCCCCCCCC(=O)O[C@H](COC(=O)CCCCCCCCCCC(C)C)COP(=O)(O)OCC(O)COP(=O)(O)OC[C@@H](COC(=O)CCCCCCCCCC(C)C)OC(=O)CCCCCCCCCCCCCC(C)C. The zero-order chi connectivity index (χ0) is 66.8. The van der Waals surface area contributed by atoms with Gasteiger partial charge in [0, 0.05) is 25.7 Å². The summed E-state index contributed by atoms with van der Waals surface area (Å²) in [6.45, 7) is 14.1. The number of ether oxygens (including phenoxy) is 4. The summed E-state index contributed by atoms with van der Waals surface area (Å²) in [5.41, 5.74) is 0. The lowest BCUT2D eigenvalue weighted by molar-refractivity contribution is -0.161. The molecule has 0 aromatic heterocycles. The quantitative estimate of drug-likeness (QED) is 0.0222. The summed E-state index contributed by atoms with van der Waals surface area (Å²) in [5, 5.41) is 10.6. The van der Waals surface area contributed by atoms with Crippen molar-refractivity contribution in [2.24, 2.45) is 23.7 Å². The Balaban J connectivity index is 5.25. The van der Waals surface area contributed by atoms with E-state index >= 15 is 0 Å². The second-order valence-electron chi connectivity index (χ2n) is 27.5. The number of aliphatic hydroxyl groups is 1. The van der Waals surface area contributed by atoms with Gasteiger partial charge in [0.1, 0.15) is 19.3 Å². The average molecular weight is 1330 g/mol. The number of phosphoric acid groups is 2. The molecule has 5 atom stereocenters. The third-order valence-electron chi connectivity index (χ3n) is 16.3. The fourth-order valence-corrected chi connectivity index (χ4v) is 12.2. The summed E-state index contributed by atoms with van der Waals surface area (Å²) < 4.78 is 68.3. The van der Waals surface area contributed by atoms with Gasteiger partial charge in [0.25, 0.3) is 0 Å². The van der Waals surface area contributed by atoms with E-state index < -0.39 is 97.5 Å². The lowest BCUT2D eigenvalue weighted by Crippen LogP contribution is -2.30. The minimum Gasteiger partial charge on any atom is -0.462 e. The molecule has 0 amide bonds. The molecular formula is C71H138O17P2. The van der Waals surface area contributed by atoms with E-state index in [-0.39, 0.29) is 25.7 Å². The van der Waals surface area contributed by atoms with Gasteiger partial charge in [-0.3, -0.25) is 37.3 Å². The number of aliphatic hydroxyl groups excluding tert-OH is 1. The van der Waals surface area contributed by atoms with Gasteiger partial charge in [-0.25, -0.2) is 9.13 Å². The van der Waals surface area contributed by atoms with Gasteiger partial charge in [0.2, 0.25) is 0 Å². The second kappa shape index (κ2) is 60.7. The Labute approximate surface area is 549 Å².